The Morgan fingerprint density at radius 2 is 1.93 bits per heavy atom. The molecule has 0 N–H and O–H groups in total. The molecule has 0 spiro atoms. The smallest absolute Gasteiger partial charge is 0.296 e. The van der Waals surface area contributed by atoms with Gasteiger partial charge in [0, 0.05) is 6.42 Å². The van der Waals surface area contributed by atoms with Gasteiger partial charge in [-0.05, 0) is 29.3 Å². The average molecular weight is 377 g/mol. The van der Waals surface area contributed by atoms with Crippen LogP contribution in [0.5, 0.6) is 5.75 Å². The first-order valence-electron chi connectivity index (χ1n) is 8.26. The highest BCUT2D eigenvalue weighted by molar-refractivity contribution is 7.15. The summed E-state index contributed by atoms with van der Waals surface area (Å²) < 4.78 is 6.87. The fourth-order valence-corrected chi connectivity index (χ4v) is 3.63. The number of aromatic nitrogens is 3. The van der Waals surface area contributed by atoms with Crippen LogP contribution in [0.3, 0.4) is 0 Å². The van der Waals surface area contributed by atoms with E-state index in [1.54, 1.807) is 13.2 Å². The van der Waals surface area contributed by atoms with E-state index in [0.29, 0.717) is 16.7 Å². The molecule has 0 bridgehead atoms. The van der Waals surface area contributed by atoms with E-state index in [1.165, 1.54) is 4.52 Å². The lowest BCUT2D eigenvalue weighted by Gasteiger charge is -1.99. The first kappa shape index (κ1) is 17.1. The summed E-state index contributed by atoms with van der Waals surface area (Å²) in [5.41, 5.74) is 1.31. The van der Waals surface area contributed by atoms with Crippen molar-refractivity contribution >= 4 is 22.4 Å². The van der Waals surface area contributed by atoms with Crippen LogP contribution in [0.25, 0.3) is 11.0 Å². The Bertz CT molecular complexity index is 1280. The summed E-state index contributed by atoms with van der Waals surface area (Å²) in [4.78, 5) is 29.3. The number of fused-ring (bicyclic) bond motifs is 1. The summed E-state index contributed by atoms with van der Waals surface area (Å²) >= 11 is 1.14. The maximum absolute atomic E-state index is 12.7. The third kappa shape index (κ3) is 3.50. The normalized spacial score (nSPS) is 11.8. The van der Waals surface area contributed by atoms with Crippen LogP contribution in [0, 0.1) is 0 Å². The van der Waals surface area contributed by atoms with Gasteiger partial charge >= 0.3 is 0 Å². The van der Waals surface area contributed by atoms with Crippen molar-refractivity contribution in [2.75, 3.05) is 7.11 Å². The molecule has 7 heteroatoms. The van der Waals surface area contributed by atoms with Crippen LogP contribution >= 0.6 is 11.3 Å². The highest BCUT2D eigenvalue weighted by Crippen LogP contribution is 2.13. The van der Waals surface area contributed by atoms with Gasteiger partial charge in [0.25, 0.3) is 11.1 Å². The van der Waals surface area contributed by atoms with Crippen molar-refractivity contribution in [1.29, 1.82) is 0 Å². The first-order valence-corrected chi connectivity index (χ1v) is 9.08. The monoisotopic (exact) mass is 377 g/mol. The molecule has 2 aromatic heterocycles. The minimum Gasteiger partial charge on any atom is -0.497 e. The molecular formula is C20H15N3O3S. The van der Waals surface area contributed by atoms with Crippen molar-refractivity contribution in [3.8, 4) is 5.75 Å². The number of thiazole rings is 1. The highest BCUT2D eigenvalue weighted by atomic mass is 32.1. The molecular weight excluding hydrogens is 362 g/mol. The third-order valence-electron chi connectivity index (χ3n) is 4.06. The number of rotatable bonds is 4. The summed E-state index contributed by atoms with van der Waals surface area (Å²) in [7, 11) is 1.59. The Balaban J connectivity index is 1.81. The summed E-state index contributed by atoms with van der Waals surface area (Å²) in [5.74, 6) is 0.702. The lowest BCUT2D eigenvalue weighted by atomic mass is 10.1. The maximum Gasteiger partial charge on any atom is 0.296 e. The lowest BCUT2D eigenvalue weighted by Crippen LogP contribution is -2.28. The Morgan fingerprint density at radius 3 is 2.70 bits per heavy atom. The van der Waals surface area contributed by atoms with E-state index in [4.69, 9.17) is 4.74 Å². The second-order valence-corrected chi connectivity index (χ2v) is 6.92. The van der Waals surface area contributed by atoms with Crippen molar-refractivity contribution in [3.05, 3.63) is 96.7 Å². The summed E-state index contributed by atoms with van der Waals surface area (Å²) in [5, 5.41) is 4.26. The zero-order valence-corrected chi connectivity index (χ0v) is 15.3. The Morgan fingerprint density at radius 1 is 1.11 bits per heavy atom. The summed E-state index contributed by atoms with van der Waals surface area (Å²) in [6.07, 6.45) is 2.08. The van der Waals surface area contributed by atoms with Gasteiger partial charge in [-0.15, -0.1) is 0 Å². The van der Waals surface area contributed by atoms with E-state index in [2.05, 4.69) is 10.1 Å². The van der Waals surface area contributed by atoms with Crippen molar-refractivity contribution < 1.29 is 4.74 Å². The summed E-state index contributed by atoms with van der Waals surface area (Å²) in [6, 6.07) is 16.9. The molecule has 0 aliphatic heterocycles. The number of hydrogen-bond donors (Lipinski definition) is 0. The molecule has 0 fully saturated rings. The molecule has 0 saturated heterocycles. The Labute approximate surface area is 158 Å². The maximum atomic E-state index is 12.7. The van der Waals surface area contributed by atoms with Crippen LogP contribution in [-0.2, 0) is 6.42 Å². The van der Waals surface area contributed by atoms with Crippen LogP contribution in [0.2, 0.25) is 0 Å². The van der Waals surface area contributed by atoms with Gasteiger partial charge in [0.05, 0.1) is 11.6 Å². The molecule has 0 saturated carbocycles. The van der Waals surface area contributed by atoms with E-state index in [0.717, 1.165) is 22.5 Å². The van der Waals surface area contributed by atoms with Gasteiger partial charge in [-0.25, -0.2) is 0 Å². The van der Waals surface area contributed by atoms with Gasteiger partial charge in [0.2, 0.25) is 4.96 Å². The van der Waals surface area contributed by atoms with Crippen LogP contribution in [0.1, 0.15) is 16.8 Å². The van der Waals surface area contributed by atoms with Crippen molar-refractivity contribution in [2.24, 2.45) is 0 Å². The molecule has 0 unspecified atom stereocenters. The minimum absolute atomic E-state index is 0.251. The van der Waals surface area contributed by atoms with Gasteiger partial charge in [0.1, 0.15) is 11.4 Å². The van der Waals surface area contributed by atoms with Crippen LogP contribution < -0.4 is 20.4 Å². The number of hydrogen-bond acceptors (Lipinski definition) is 6. The molecule has 0 atom stereocenters. The molecule has 6 nitrogen and oxygen atoms in total. The van der Waals surface area contributed by atoms with Crippen LogP contribution in [0.4, 0.5) is 0 Å². The molecule has 0 amide bonds. The number of nitrogens with zero attached hydrogens (tertiary/aromatic N) is 3. The SMILES string of the molecule is COc1cccc(/C=c2/sc3nc(=O)c(Cc4ccccc4)nn3c2=O)c1. The van der Waals surface area contributed by atoms with Gasteiger partial charge < -0.3 is 4.74 Å². The number of benzene rings is 2. The van der Waals surface area contributed by atoms with E-state index in [9.17, 15) is 9.59 Å². The van der Waals surface area contributed by atoms with E-state index in [-0.39, 0.29) is 16.2 Å². The molecule has 0 radical (unpaired) electrons. The Kier molecular flexibility index (Phi) is 4.52. The van der Waals surface area contributed by atoms with Gasteiger partial charge in [-0.3, -0.25) is 9.59 Å². The number of ether oxygens (including phenoxy) is 1. The summed E-state index contributed by atoms with van der Waals surface area (Å²) in [6.45, 7) is 0. The molecule has 2 heterocycles. The standard InChI is InChI=1S/C20H15N3O3S/c1-26-15-9-5-8-14(10-15)12-17-19(25)23-20(27-17)21-18(24)16(22-23)11-13-6-3-2-4-7-13/h2-10,12H,11H2,1H3/b17-12+. The molecule has 27 heavy (non-hydrogen) atoms. The molecule has 4 aromatic rings. The second-order valence-electron chi connectivity index (χ2n) is 5.91. The zero-order chi connectivity index (χ0) is 18.8. The van der Waals surface area contributed by atoms with Gasteiger partial charge in [-0.2, -0.15) is 14.6 Å². The largest absolute Gasteiger partial charge is 0.497 e. The van der Waals surface area contributed by atoms with Crippen molar-refractivity contribution in [2.45, 2.75) is 6.42 Å². The van der Waals surface area contributed by atoms with Crippen molar-refractivity contribution in [3.63, 3.8) is 0 Å². The second kappa shape index (κ2) is 7.13. The highest BCUT2D eigenvalue weighted by Gasteiger charge is 2.11. The first-order chi connectivity index (χ1) is 13.1. The molecule has 134 valence electrons. The van der Waals surface area contributed by atoms with Gasteiger partial charge in [-0.1, -0.05) is 53.8 Å². The quantitative estimate of drug-likeness (QED) is 0.541. The fourth-order valence-electron chi connectivity index (χ4n) is 2.72. The number of methoxy groups -OCH3 is 1. The van der Waals surface area contributed by atoms with Crippen molar-refractivity contribution in [1.82, 2.24) is 14.6 Å². The predicted molar refractivity (Wildman–Crippen MR) is 104 cm³/mol. The molecule has 0 aliphatic rings. The van der Waals surface area contributed by atoms with Gasteiger partial charge in [0.15, 0.2) is 0 Å². The molecule has 4 rings (SSSR count). The third-order valence-corrected chi connectivity index (χ3v) is 5.02. The van der Waals surface area contributed by atoms with E-state index in [1.807, 2.05) is 54.6 Å². The minimum atomic E-state index is -0.409. The Hall–Kier alpha value is -3.32. The zero-order valence-electron chi connectivity index (χ0n) is 14.5. The fraction of sp³-hybridized carbons (Fsp3) is 0.100. The van der Waals surface area contributed by atoms with E-state index >= 15 is 0 Å². The predicted octanol–water partition coefficient (Wildman–Crippen LogP) is 1.66. The van der Waals surface area contributed by atoms with Crippen LogP contribution in [0.15, 0.2) is 64.2 Å². The molecule has 0 aliphatic carbocycles. The van der Waals surface area contributed by atoms with E-state index < -0.39 is 5.56 Å². The molecule has 2 aromatic carbocycles. The average Bonchev–Trinajstić information content (AvgIpc) is 2.98. The topological polar surface area (TPSA) is 73.6 Å². The lowest BCUT2D eigenvalue weighted by molar-refractivity contribution is 0.414. The van der Waals surface area contributed by atoms with Crippen LogP contribution in [-0.4, -0.2) is 21.7 Å².